The van der Waals surface area contributed by atoms with E-state index in [-0.39, 0.29) is 26.4 Å². The summed E-state index contributed by atoms with van der Waals surface area (Å²) in [5, 5.41) is 2.98. The van der Waals surface area contributed by atoms with Crippen molar-refractivity contribution in [2.24, 2.45) is 0 Å². The summed E-state index contributed by atoms with van der Waals surface area (Å²) in [5.41, 5.74) is -0.687. The van der Waals surface area contributed by atoms with Crippen molar-refractivity contribution in [1.29, 1.82) is 0 Å². The highest BCUT2D eigenvalue weighted by Gasteiger charge is 2.51. The monoisotopic (exact) mass is 457 g/mol. The Balaban J connectivity index is 3.34. The number of rotatable bonds is 12. The van der Waals surface area contributed by atoms with Gasteiger partial charge >= 0.3 is 15.2 Å². The highest BCUT2D eigenvalue weighted by Crippen LogP contribution is 2.70. The van der Waals surface area contributed by atoms with Gasteiger partial charge in [-0.2, -0.15) is 0 Å². The van der Waals surface area contributed by atoms with Crippen LogP contribution in [-0.2, 0) is 27.2 Å². The molecule has 0 atom stereocenters. The Morgan fingerprint density at radius 2 is 1.20 bits per heavy atom. The van der Waals surface area contributed by atoms with Crippen LogP contribution < -0.4 is 5.32 Å². The van der Waals surface area contributed by atoms with E-state index >= 15 is 0 Å². The summed E-state index contributed by atoms with van der Waals surface area (Å²) >= 11 is 3.35. The van der Waals surface area contributed by atoms with Crippen LogP contribution in [0, 0.1) is 0 Å². The van der Waals surface area contributed by atoms with Crippen LogP contribution in [0.15, 0.2) is 28.7 Å². The Morgan fingerprint density at radius 3 is 1.52 bits per heavy atom. The smallest absolute Gasteiger partial charge is 0.362 e. The SMILES string of the molecule is CCOP(=O)(OCC)C(Nc1ccc(Br)cc1)P(=O)(OCC)OCC. The lowest BCUT2D eigenvalue weighted by Crippen LogP contribution is -2.25. The van der Waals surface area contributed by atoms with Gasteiger partial charge in [0, 0.05) is 10.2 Å². The molecule has 0 radical (unpaired) electrons. The van der Waals surface area contributed by atoms with Crippen LogP contribution in [-0.4, -0.2) is 32.0 Å². The molecule has 10 heteroatoms. The van der Waals surface area contributed by atoms with Crippen LogP contribution in [0.25, 0.3) is 0 Å². The molecule has 0 spiro atoms. The normalized spacial score (nSPS) is 12.6. The average molecular weight is 458 g/mol. The summed E-state index contributed by atoms with van der Waals surface area (Å²) in [6, 6.07) is 7.11. The van der Waals surface area contributed by atoms with Crippen molar-refractivity contribution < 1.29 is 27.2 Å². The fraction of sp³-hybridized carbons (Fsp3) is 0.600. The summed E-state index contributed by atoms with van der Waals surface area (Å²) in [6.07, 6.45) is 0. The molecule has 0 aliphatic rings. The fourth-order valence-electron chi connectivity index (χ4n) is 2.10. The molecule has 0 heterocycles. The zero-order valence-corrected chi connectivity index (χ0v) is 18.3. The van der Waals surface area contributed by atoms with Crippen molar-refractivity contribution >= 4 is 36.8 Å². The molecule has 0 unspecified atom stereocenters. The minimum absolute atomic E-state index is 0.133. The van der Waals surface area contributed by atoms with Crippen LogP contribution >= 0.6 is 31.1 Å². The first-order valence-corrected chi connectivity index (χ1v) is 12.2. The lowest BCUT2D eigenvalue weighted by molar-refractivity contribution is 0.198. The van der Waals surface area contributed by atoms with E-state index < -0.39 is 20.7 Å². The van der Waals surface area contributed by atoms with Crippen molar-refractivity contribution in [3.63, 3.8) is 0 Å². The summed E-state index contributed by atoms with van der Waals surface area (Å²) < 4.78 is 49.1. The minimum Gasteiger partial charge on any atom is -0.362 e. The topological polar surface area (TPSA) is 83.1 Å². The van der Waals surface area contributed by atoms with Gasteiger partial charge in [0.15, 0.2) is 0 Å². The zero-order valence-electron chi connectivity index (χ0n) is 14.9. The second kappa shape index (κ2) is 10.8. The predicted octanol–water partition coefficient (Wildman–Crippen LogP) is 5.68. The van der Waals surface area contributed by atoms with Gasteiger partial charge in [-0.15, -0.1) is 0 Å². The molecular formula is C15H26BrNO6P2. The molecule has 1 rings (SSSR count). The van der Waals surface area contributed by atoms with Gasteiger partial charge in [0.25, 0.3) is 0 Å². The van der Waals surface area contributed by atoms with Gasteiger partial charge in [0.05, 0.1) is 26.4 Å². The third-order valence-corrected chi connectivity index (χ3v) is 9.13. The Morgan fingerprint density at radius 1 is 0.840 bits per heavy atom. The van der Waals surface area contributed by atoms with E-state index in [1.807, 2.05) is 0 Å². The lowest BCUT2D eigenvalue weighted by Gasteiger charge is -2.32. The number of hydrogen-bond donors (Lipinski definition) is 1. The van der Waals surface area contributed by atoms with Gasteiger partial charge in [0.2, 0.25) is 5.52 Å². The molecule has 0 amide bonds. The first-order valence-electron chi connectivity index (χ1n) is 8.14. The van der Waals surface area contributed by atoms with Gasteiger partial charge in [-0.1, -0.05) is 15.9 Å². The molecule has 144 valence electrons. The van der Waals surface area contributed by atoms with Crippen molar-refractivity contribution in [2.75, 3.05) is 31.7 Å². The van der Waals surface area contributed by atoms with Gasteiger partial charge in [0.1, 0.15) is 0 Å². The maximum atomic E-state index is 13.3. The standard InChI is InChI=1S/C15H26BrNO6P2/c1-5-20-24(18,21-6-2)15(25(19,22-7-3)23-8-4)17-14-11-9-13(16)10-12-14/h9-12,15,17H,5-8H2,1-4H3. The van der Waals surface area contributed by atoms with E-state index in [1.54, 1.807) is 52.0 Å². The summed E-state index contributed by atoms with van der Waals surface area (Å²) in [5.74, 6) is 0. The third kappa shape index (κ3) is 6.47. The van der Waals surface area contributed by atoms with Crippen molar-refractivity contribution in [3.05, 3.63) is 28.7 Å². The number of anilines is 1. The van der Waals surface area contributed by atoms with Crippen LogP contribution in [0.1, 0.15) is 27.7 Å². The Hall–Kier alpha value is -0.200. The summed E-state index contributed by atoms with van der Waals surface area (Å²) in [4.78, 5) is 0. The molecule has 0 saturated heterocycles. The Labute approximate surface area is 158 Å². The van der Waals surface area contributed by atoms with Gasteiger partial charge < -0.3 is 23.4 Å². The fourth-order valence-corrected chi connectivity index (χ4v) is 7.32. The molecular weight excluding hydrogens is 432 g/mol. The molecule has 0 bridgehead atoms. The van der Waals surface area contributed by atoms with Crippen LogP contribution in [0.3, 0.4) is 0 Å². The van der Waals surface area contributed by atoms with Crippen LogP contribution in [0.4, 0.5) is 5.69 Å². The van der Waals surface area contributed by atoms with E-state index in [0.29, 0.717) is 5.69 Å². The van der Waals surface area contributed by atoms with Crippen molar-refractivity contribution in [2.45, 2.75) is 33.2 Å². The van der Waals surface area contributed by atoms with Gasteiger partial charge in [-0.3, -0.25) is 9.13 Å². The van der Waals surface area contributed by atoms with Gasteiger partial charge in [-0.25, -0.2) is 0 Å². The first-order chi connectivity index (χ1) is 11.8. The second-order valence-corrected chi connectivity index (χ2v) is 10.3. The number of halogens is 1. The second-order valence-electron chi connectivity index (χ2n) is 4.78. The molecule has 0 aliphatic heterocycles. The quantitative estimate of drug-likeness (QED) is 0.404. The molecule has 25 heavy (non-hydrogen) atoms. The molecule has 0 aromatic heterocycles. The number of benzene rings is 1. The molecule has 1 N–H and O–H groups in total. The first kappa shape index (κ1) is 22.8. The highest BCUT2D eigenvalue weighted by molar-refractivity contribution is 9.10. The van der Waals surface area contributed by atoms with Gasteiger partial charge in [-0.05, 0) is 52.0 Å². The number of hydrogen-bond acceptors (Lipinski definition) is 7. The van der Waals surface area contributed by atoms with Crippen LogP contribution in [0.2, 0.25) is 0 Å². The Kier molecular flexibility index (Phi) is 9.89. The molecule has 0 aliphatic carbocycles. The van der Waals surface area contributed by atoms with E-state index in [0.717, 1.165) is 4.47 Å². The number of nitrogens with one attached hydrogen (secondary N) is 1. The van der Waals surface area contributed by atoms with Crippen molar-refractivity contribution in [3.8, 4) is 0 Å². The Bertz CT molecular complexity index is 563. The van der Waals surface area contributed by atoms with E-state index in [2.05, 4.69) is 21.2 Å². The largest absolute Gasteiger partial charge is 0.365 e. The van der Waals surface area contributed by atoms with Crippen LogP contribution in [0.5, 0.6) is 0 Å². The third-order valence-electron chi connectivity index (χ3n) is 2.98. The zero-order chi connectivity index (χ0) is 18.9. The molecule has 0 fully saturated rings. The molecule has 1 aromatic carbocycles. The van der Waals surface area contributed by atoms with E-state index in [9.17, 15) is 9.13 Å². The molecule has 1 aromatic rings. The molecule has 7 nitrogen and oxygen atoms in total. The maximum Gasteiger partial charge on any atom is 0.365 e. The van der Waals surface area contributed by atoms with Crippen molar-refractivity contribution in [1.82, 2.24) is 0 Å². The average Bonchev–Trinajstić information content (AvgIpc) is 2.55. The minimum atomic E-state index is -3.82. The highest BCUT2D eigenvalue weighted by atomic mass is 79.9. The molecule has 0 saturated carbocycles. The maximum absolute atomic E-state index is 13.3. The van der Waals surface area contributed by atoms with E-state index in [1.165, 1.54) is 0 Å². The summed E-state index contributed by atoms with van der Waals surface area (Å²) in [6.45, 7) is 7.29. The van der Waals surface area contributed by atoms with E-state index in [4.69, 9.17) is 18.1 Å². The predicted molar refractivity (Wildman–Crippen MR) is 103 cm³/mol. The lowest BCUT2D eigenvalue weighted by atomic mass is 10.3. The summed E-state index contributed by atoms with van der Waals surface area (Å²) in [7, 11) is -7.65.